The molecule has 0 spiro atoms. The molecule has 0 aromatic heterocycles. The number of hydrogen-bond acceptors (Lipinski definition) is 2. The number of aromatic carboxylic acids is 1. The molecule has 11 heavy (non-hydrogen) atoms. The summed E-state index contributed by atoms with van der Waals surface area (Å²) in [5.41, 5.74) is 0.0949. The zero-order valence-electron chi connectivity index (χ0n) is 5.83. The first-order valence-corrected chi connectivity index (χ1v) is 2.49. The monoisotopic (exact) mass is 340 g/mol. The van der Waals surface area contributed by atoms with E-state index in [1.165, 1.54) is 12.1 Å². The first-order valence-electron chi connectivity index (χ1n) is 2.49. The summed E-state index contributed by atoms with van der Waals surface area (Å²) in [6.45, 7) is 0. The first kappa shape index (κ1) is 13.2. The van der Waals surface area contributed by atoms with Crippen LogP contribution >= 0.6 is 0 Å². The van der Waals surface area contributed by atoms with Crippen LogP contribution in [0.15, 0.2) is 24.3 Å². The Morgan fingerprint density at radius 1 is 1.45 bits per heavy atom. The van der Waals surface area contributed by atoms with Crippen LogP contribution in [0.1, 0.15) is 10.4 Å². The maximum Gasteiger partial charge on any atom is 2.00 e. The molecule has 54 valence electrons. The molecule has 0 saturated carbocycles. The van der Waals surface area contributed by atoms with E-state index in [0.29, 0.717) is 0 Å². The zero-order valence-corrected chi connectivity index (χ0v) is 11.3. The Kier molecular flexibility index (Phi) is 7.56. The molecule has 0 saturated heterocycles. The van der Waals surface area contributed by atoms with E-state index in [1.807, 2.05) is 0 Å². The molecule has 0 aliphatic heterocycles. The average Bonchev–Trinajstić information content (AvgIpc) is 1.90. The number of benzene rings is 1. The van der Waals surface area contributed by atoms with Crippen LogP contribution in [0.5, 0.6) is 0 Å². The smallest absolute Gasteiger partial charge is 0.603 e. The second-order valence-corrected chi connectivity index (χ2v) is 1.56. The standard InChI is InChI=1S/C7H5O2.Hg.H2O/c8-7(9)6-4-2-1-3-5-6;;/h1-4H,(H,8,9);;1H2/q-1;+2;/p-1. The number of carbonyl (C=O) groups excluding carboxylic acids is 1. The Morgan fingerprint density at radius 2 is 2.09 bits per heavy atom. The van der Waals surface area contributed by atoms with E-state index in [4.69, 9.17) is 0 Å². The predicted molar refractivity (Wildman–Crippen MR) is 33.2 cm³/mol. The molecular weight excluding hydrogens is 333 g/mol. The summed E-state index contributed by atoms with van der Waals surface area (Å²) in [5, 5.41) is 10.1. The van der Waals surface area contributed by atoms with Gasteiger partial charge in [0, 0.05) is 0 Å². The van der Waals surface area contributed by atoms with Crippen molar-refractivity contribution in [3.63, 3.8) is 0 Å². The molecule has 2 N–H and O–H groups in total. The number of carbonyl (C=O) groups is 1. The molecule has 0 radical (unpaired) electrons. The summed E-state index contributed by atoms with van der Waals surface area (Å²) in [6.07, 6.45) is 0. The molecule has 0 unspecified atom stereocenters. The van der Waals surface area contributed by atoms with Crippen molar-refractivity contribution in [3.05, 3.63) is 35.9 Å². The van der Waals surface area contributed by atoms with E-state index in [-0.39, 0.29) is 38.7 Å². The molecule has 0 heterocycles. The summed E-state index contributed by atoms with van der Waals surface area (Å²) in [6, 6.07) is 8.81. The number of carboxylic acid groups (broad SMARTS) is 1. The molecule has 3 nitrogen and oxygen atoms in total. The number of hydrogen-bond donors (Lipinski definition) is 0. The van der Waals surface area contributed by atoms with Gasteiger partial charge in [-0.3, -0.25) is 0 Å². The van der Waals surface area contributed by atoms with E-state index in [2.05, 4.69) is 6.07 Å². The summed E-state index contributed by atoms with van der Waals surface area (Å²) < 4.78 is 0. The van der Waals surface area contributed by atoms with Crippen LogP contribution in [0.3, 0.4) is 0 Å². The van der Waals surface area contributed by atoms with Crippen LogP contribution in [0.4, 0.5) is 0 Å². The van der Waals surface area contributed by atoms with E-state index >= 15 is 0 Å². The summed E-state index contributed by atoms with van der Waals surface area (Å²) in [7, 11) is 0. The summed E-state index contributed by atoms with van der Waals surface area (Å²) in [4.78, 5) is 10.1. The largest absolute Gasteiger partial charge is 2.00 e. The number of carboxylic acids is 1. The van der Waals surface area contributed by atoms with E-state index in [0.717, 1.165) is 0 Å². The van der Waals surface area contributed by atoms with Crippen molar-refractivity contribution in [1.29, 1.82) is 0 Å². The first-order chi connectivity index (χ1) is 4.30. The van der Waals surface area contributed by atoms with Gasteiger partial charge in [-0.2, -0.15) is 0 Å². The van der Waals surface area contributed by atoms with Crippen LogP contribution < -0.4 is 5.11 Å². The Labute approximate surface area is 84.9 Å². The van der Waals surface area contributed by atoms with Gasteiger partial charge in [0.15, 0.2) is 0 Å². The van der Waals surface area contributed by atoms with Crippen molar-refractivity contribution in [2.75, 3.05) is 0 Å². The second kappa shape index (κ2) is 6.31. The quantitative estimate of drug-likeness (QED) is 0.488. The van der Waals surface area contributed by atoms with Gasteiger partial charge in [-0.25, -0.2) is 0 Å². The third-order valence-corrected chi connectivity index (χ3v) is 0.929. The van der Waals surface area contributed by atoms with E-state index in [9.17, 15) is 9.90 Å². The Morgan fingerprint density at radius 3 is 2.36 bits per heavy atom. The maximum atomic E-state index is 10.1. The molecule has 0 atom stereocenters. The fourth-order valence-electron chi connectivity index (χ4n) is 0.520. The van der Waals surface area contributed by atoms with E-state index in [1.54, 1.807) is 12.1 Å². The van der Waals surface area contributed by atoms with E-state index < -0.39 is 5.97 Å². The minimum absolute atomic E-state index is 0. The summed E-state index contributed by atoms with van der Waals surface area (Å²) >= 11 is 0. The van der Waals surface area contributed by atoms with Gasteiger partial charge < -0.3 is 15.4 Å². The average molecular weight is 339 g/mol. The molecule has 0 aliphatic carbocycles. The summed E-state index contributed by atoms with van der Waals surface area (Å²) in [5.74, 6) is -1.18. The van der Waals surface area contributed by atoms with Crippen LogP contribution in [-0.4, -0.2) is 11.4 Å². The Hall–Kier alpha value is -0.415. The molecule has 1 aromatic rings. The molecule has 1 rings (SSSR count). The van der Waals surface area contributed by atoms with Gasteiger partial charge in [-0.05, 0) is 5.97 Å². The third-order valence-electron chi connectivity index (χ3n) is 0.929. The molecule has 4 heteroatoms. The van der Waals surface area contributed by atoms with Crippen molar-refractivity contribution in [3.8, 4) is 0 Å². The number of rotatable bonds is 1. The van der Waals surface area contributed by atoms with Crippen molar-refractivity contribution >= 4 is 5.97 Å². The predicted octanol–water partition coefficient (Wildman–Crippen LogP) is -0.977. The molecular formula is C7H6HgO3. The molecule has 0 aliphatic rings. The van der Waals surface area contributed by atoms with Gasteiger partial charge in [0.05, 0.1) is 0 Å². The van der Waals surface area contributed by atoms with Crippen molar-refractivity contribution in [2.45, 2.75) is 0 Å². The van der Waals surface area contributed by atoms with Gasteiger partial charge in [-0.15, -0.1) is 35.9 Å². The Balaban J connectivity index is 0. The molecule has 0 fully saturated rings. The minimum atomic E-state index is -1.18. The van der Waals surface area contributed by atoms with Gasteiger partial charge in [0.2, 0.25) is 0 Å². The van der Waals surface area contributed by atoms with Gasteiger partial charge in [0.25, 0.3) is 0 Å². The SMILES string of the molecule is O.O=C([O-])c1[c-]cccc1.[Hg+2]. The van der Waals surface area contributed by atoms with Crippen molar-refractivity contribution in [2.24, 2.45) is 0 Å². The fourth-order valence-corrected chi connectivity index (χ4v) is 0.520. The van der Waals surface area contributed by atoms with Crippen molar-refractivity contribution in [1.82, 2.24) is 0 Å². The van der Waals surface area contributed by atoms with Gasteiger partial charge in [0.1, 0.15) is 0 Å². The van der Waals surface area contributed by atoms with Crippen LogP contribution in [0, 0.1) is 6.07 Å². The normalized spacial score (nSPS) is 7.27. The van der Waals surface area contributed by atoms with Gasteiger partial charge in [-0.1, -0.05) is 0 Å². The van der Waals surface area contributed by atoms with Crippen LogP contribution in [0.2, 0.25) is 0 Å². The van der Waals surface area contributed by atoms with Crippen LogP contribution in [-0.2, 0) is 27.7 Å². The van der Waals surface area contributed by atoms with Gasteiger partial charge >= 0.3 is 27.7 Å². The third kappa shape index (κ3) is 4.11. The second-order valence-electron chi connectivity index (χ2n) is 1.56. The maximum absolute atomic E-state index is 10.1. The fraction of sp³-hybridized carbons (Fsp3) is 0. The molecule has 0 amide bonds. The Bertz CT molecular complexity index is 210. The molecule has 1 aromatic carbocycles. The zero-order chi connectivity index (χ0) is 6.69. The topological polar surface area (TPSA) is 71.6 Å². The molecule has 0 bridgehead atoms. The van der Waals surface area contributed by atoms with Crippen LogP contribution in [0.25, 0.3) is 0 Å². The van der Waals surface area contributed by atoms with Crippen molar-refractivity contribution < 1.29 is 43.0 Å². The minimum Gasteiger partial charge on any atom is -0.603 e.